The van der Waals surface area contributed by atoms with Crippen LogP contribution in [0.5, 0.6) is 0 Å². The minimum atomic E-state index is -0.757. The summed E-state index contributed by atoms with van der Waals surface area (Å²) in [5.41, 5.74) is 0.732. The van der Waals surface area contributed by atoms with Crippen LogP contribution in [0, 0.1) is 15.4 Å². The van der Waals surface area contributed by atoms with Crippen LogP contribution < -0.4 is 10.6 Å². The molecule has 1 aliphatic rings. The fraction of sp³-hybridized carbons (Fsp3) is 0.429. The maximum Gasteiger partial charge on any atom is 0.319 e. The van der Waals surface area contributed by atoms with Gasteiger partial charge in [0.25, 0.3) is 0 Å². The summed E-state index contributed by atoms with van der Waals surface area (Å²) in [5.74, 6) is -1.05. The van der Waals surface area contributed by atoms with E-state index in [0.717, 1.165) is 22.1 Å². The predicted molar refractivity (Wildman–Crippen MR) is 84.6 cm³/mol. The molecule has 2 unspecified atom stereocenters. The topological polar surface area (TPSA) is 78.4 Å². The van der Waals surface area contributed by atoms with E-state index in [4.69, 9.17) is 5.11 Å². The molecular formula is C14H17IN2O3. The van der Waals surface area contributed by atoms with Crippen molar-refractivity contribution in [3.05, 3.63) is 27.8 Å². The van der Waals surface area contributed by atoms with Crippen LogP contribution in [0.1, 0.15) is 19.3 Å². The summed E-state index contributed by atoms with van der Waals surface area (Å²) in [7, 11) is 0. The molecular weight excluding hydrogens is 371 g/mol. The number of hydrogen-bond acceptors (Lipinski definition) is 2. The molecule has 0 spiro atoms. The zero-order chi connectivity index (χ0) is 14.5. The van der Waals surface area contributed by atoms with E-state index in [1.165, 1.54) is 0 Å². The van der Waals surface area contributed by atoms with Crippen molar-refractivity contribution in [1.29, 1.82) is 0 Å². The van der Waals surface area contributed by atoms with Crippen molar-refractivity contribution in [2.45, 2.75) is 19.3 Å². The van der Waals surface area contributed by atoms with Crippen LogP contribution in [0.4, 0.5) is 10.5 Å². The molecule has 1 aliphatic carbocycles. The van der Waals surface area contributed by atoms with Gasteiger partial charge in [-0.2, -0.15) is 0 Å². The van der Waals surface area contributed by atoms with Gasteiger partial charge in [0.15, 0.2) is 0 Å². The van der Waals surface area contributed by atoms with Crippen LogP contribution in [0.3, 0.4) is 0 Å². The summed E-state index contributed by atoms with van der Waals surface area (Å²) in [5, 5.41) is 14.6. The van der Waals surface area contributed by atoms with Crippen molar-refractivity contribution in [3.63, 3.8) is 0 Å². The number of urea groups is 1. The van der Waals surface area contributed by atoms with Gasteiger partial charge in [-0.05, 0) is 59.5 Å². The summed E-state index contributed by atoms with van der Waals surface area (Å²) in [4.78, 5) is 22.8. The molecule has 0 aromatic heterocycles. The molecule has 3 N–H and O–H groups in total. The minimum Gasteiger partial charge on any atom is -0.481 e. The molecule has 2 atom stereocenters. The smallest absolute Gasteiger partial charge is 0.319 e. The Kier molecular flexibility index (Phi) is 5.22. The highest BCUT2D eigenvalue weighted by molar-refractivity contribution is 14.1. The number of nitrogens with one attached hydrogen (secondary N) is 2. The third-order valence-electron chi connectivity index (χ3n) is 3.58. The van der Waals surface area contributed by atoms with E-state index in [0.29, 0.717) is 13.0 Å². The van der Waals surface area contributed by atoms with Gasteiger partial charge in [-0.1, -0.05) is 12.5 Å². The first-order valence-corrected chi connectivity index (χ1v) is 7.67. The summed E-state index contributed by atoms with van der Waals surface area (Å²) >= 11 is 2.18. The Balaban J connectivity index is 1.82. The van der Waals surface area contributed by atoms with Crippen LogP contribution in [0.15, 0.2) is 24.3 Å². The molecule has 0 aliphatic heterocycles. The Morgan fingerprint density at radius 2 is 2.15 bits per heavy atom. The highest BCUT2D eigenvalue weighted by Gasteiger charge is 2.32. The number of carboxylic acids is 1. The minimum absolute atomic E-state index is 0.0363. The number of benzene rings is 1. The first-order chi connectivity index (χ1) is 9.56. The van der Waals surface area contributed by atoms with Gasteiger partial charge in [0, 0.05) is 15.8 Å². The number of rotatable bonds is 4. The number of halogens is 1. The normalized spacial score (nSPS) is 21.4. The second kappa shape index (κ2) is 6.92. The van der Waals surface area contributed by atoms with E-state index >= 15 is 0 Å². The van der Waals surface area contributed by atoms with Gasteiger partial charge in [-0.25, -0.2) is 4.79 Å². The molecule has 108 valence electrons. The Hall–Kier alpha value is -1.31. The number of carboxylic acid groups (broad SMARTS) is 1. The second-order valence-corrected chi connectivity index (χ2v) is 6.23. The molecule has 1 aromatic rings. The van der Waals surface area contributed by atoms with Crippen molar-refractivity contribution in [2.24, 2.45) is 11.8 Å². The van der Waals surface area contributed by atoms with Crippen LogP contribution in [0.25, 0.3) is 0 Å². The van der Waals surface area contributed by atoms with E-state index in [2.05, 4.69) is 33.2 Å². The number of aliphatic carboxylic acids is 1. The molecule has 6 heteroatoms. The third kappa shape index (κ3) is 4.09. The Bertz CT molecular complexity index is 507. The lowest BCUT2D eigenvalue weighted by Crippen LogP contribution is -2.35. The molecule has 0 heterocycles. The molecule has 2 amide bonds. The lowest BCUT2D eigenvalue weighted by atomic mass is 9.96. The van der Waals surface area contributed by atoms with Crippen LogP contribution in [-0.4, -0.2) is 23.7 Å². The highest BCUT2D eigenvalue weighted by atomic mass is 127. The van der Waals surface area contributed by atoms with Crippen molar-refractivity contribution in [2.75, 3.05) is 11.9 Å². The fourth-order valence-electron chi connectivity index (χ4n) is 2.57. The summed E-state index contributed by atoms with van der Waals surface area (Å²) < 4.78 is 1.04. The molecule has 2 rings (SSSR count). The van der Waals surface area contributed by atoms with Crippen molar-refractivity contribution >= 4 is 40.3 Å². The van der Waals surface area contributed by atoms with Gasteiger partial charge in [-0.3, -0.25) is 4.79 Å². The van der Waals surface area contributed by atoms with Crippen molar-refractivity contribution < 1.29 is 14.7 Å². The number of carbonyl (C=O) groups is 2. The lowest BCUT2D eigenvalue weighted by molar-refractivity contribution is -0.142. The molecule has 20 heavy (non-hydrogen) atoms. The zero-order valence-corrected chi connectivity index (χ0v) is 13.1. The number of anilines is 1. The molecule has 1 saturated carbocycles. The first-order valence-electron chi connectivity index (χ1n) is 6.59. The SMILES string of the molecule is O=C(NCC1CCCC1C(=O)O)Nc1cccc(I)c1. The maximum absolute atomic E-state index is 11.8. The number of hydrogen-bond donors (Lipinski definition) is 3. The van der Waals surface area contributed by atoms with E-state index in [-0.39, 0.29) is 17.9 Å². The van der Waals surface area contributed by atoms with Gasteiger partial charge < -0.3 is 15.7 Å². The van der Waals surface area contributed by atoms with E-state index in [9.17, 15) is 9.59 Å². The standard InChI is InChI=1S/C14H17IN2O3/c15-10-4-2-5-11(7-10)17-14(20)16-8-9-3-1-6-12(9)13(18)19/h2,4-5,7,9,12H,1,3,6,8H2,(H,18,19)(H2,16,17,20). The summed E-state index contributed by atoms with van der Waals surface area (Å²) in [6.45, 7) is 0.409. The van der Waals surface area contributed by atoms with E-state index in [1.54, 1.807) is 0 Å². The largest absolute Gasteiger partial charge is 0.481 e. The Morgan fingerprint density at radius 1 is 1.35 bits per heavy atom. The molecule has 1 aromatic carbocycles. The molecule has 0 radical (unpaired) electrons. The van der Waals surface area contributed by atoms with Gasteiger partial charge >= 0.3 is 12.0 Å². The van der Waals surface area contributed by atoms with Crippen LogP contribution in [0.2, 0.25) is 0 Å². The van der Waals surface area contributed by atoms with E-state index in [1.807, 2.05) is 24.3 Å². The first kappa shape index (κ1) is 15.1. The average molecular weight is 388 g/mol. The third-order valence-corrected chi connectivity index (χ3v) is 4.25. The van der Waals surface area contributed by atoms with E-state index < -0.39 is 5.97 Å². The second-order valence-electron chi connectivity index (χ2n) is 4.98. The molecule has 0 saturated heterocycles. The summed E-state index contributed by atoms with van der Waals surface area (Å²) in [6, 6.07) is 7.21. The quantitative estimate of drug-likeness (QED) is 0.695. The van der Waals surface area contributed by atoms with Gasteiger partial charge in [-0.15, -0.1) is 0 Å². The average Bonchev–Trinajstić information content (AvgIpc) is 2.85. The van der Waals surface area contributed by atoms with Gasteiger partial charge in [0.2, 0.25) is 0 Å². The fourth-order valence-corrected chi connectivity index (χ4v) is 3.11. The Labute approximate surface area is 131 Å². The number of amides is 2. The van der Waals surface area contributed by atoms with Gasteiger partial charge in [0.1, 0.15) is 0 Å². The van der Waals surface area contributed by atoms with Gasteiger partial charge in [0.05, 0.1) is 5.92 Å². The molecule has 1 fully saturated rings. The van der Waals surface area contributed by atoms with Crippen molar-refractivity contribution in [1.82, 2.24) is 5.32 Å². The zero-order valence-electron chi connectivity index (χ0n) is 10.9. The van der Waals surface area contributed by atoms with Crippen molar-refractivity contribution in [3.8, 4) is 0 Å². The molecule has 0 bridgehead atoms. The summed E-state index contributed by atoms with van der Waals surface area (Å²) in [6.07, 6.45) is 2.49. The lowest BCUT2D eigenvalue weighted by Gasteiger charge is -2.16. The maximum atomic E-state index is 11.8. The Morgan fingerprint density at radius 3 is 2.85 bits per heavy atom. The predicted octanol–water partition coefficient (Wildman–Crippen LogP) is 2.91. The van der Waals surface area contributed by atoms with Crippen LogP contribution in [-0.2, 0) is 4.79 Å². The number of carbonyl (C=O) groups excluding carboxylic acids is 1. The highest BCUT2D eigenvalue weighted by Crippen LogP contribution is 2.31. The molecule has 5 nitrogen and oxygen atoms in total. The van der Waals surface area contributed by atoms with Crippen LogP contribution >= 0.6 is 22.6 Å². The monoisotopic (exact) mass is 388 g/mol.